The van der Waals surface area contributed by atoms with Crippen LogP contribution < -0.4 is 0 Å². The van der Waals surface area contributed by atoms with Gasteiger partial charge in [0, 0.05) is 0 Å². The van der Waals surface area contributed by atoms with Gasteiger partial charge in [0.2, 0.25) is 0 Å². The Bertz CT molecular complexity index is 454. The van der Waals surface area contributed by atoms with E-state index in [-0.39, 0.29) is 0 Å². The zero-order valence-electron chi connectivity index (χ0n) is 6.94. The highest BCUT2D eigenvalue weighted by Crippen LogP contribution is 2.20. The highest BCUT2D eigenvalue weighted by molar-refractivity contribution is 7.09. The van der Waals surface area contributed by atoms with Crippen molar-refractivity contribution in [2.75, 3.05) is 0 Å². The fourth-order valence-electron chi connectivity index (χ4n) is 1.24. The second-order valence-corrected chi connectivity index (χ2v) is 3.50. The van der Waals surface area contributed by atoms with E-state index in [4.69, 9.17) is 0 Å². The first kappa shape index (κ1) is 8.20. The van der Waals surface area contributed by atoms with Crippen LogP contribution in [0.4, 0.5) is 0 Å². The predicted octanol–water partition coefficient (Wildman–Crippen LogP) is 3.11. The largest absolute Gasteiger partial charge is 0.299 e. The van der Waals surface area contributed by atoms with Gasteiger partial charge in [-0.15, -0.1) is 0 Å². The van der Waals surface area contributed by atoms with Crippen molar-refractivity contribution in [1.82, 2.24) is 0 Å². The summed E-state index contributed by atoms with van der Waals surface area (Å²) in [5, 5.41) is 6.71. The third kappa shape index (κ3) is 1.68. The molecule has 0 aliphatic heterocycles. The highest BCUT2D eigenvalue weighted by Gasteiger charge is 1.93. The first-order valence-corrected chi connectivity index (χ1v) is 4.92. The molecule has 0 amide bonds. The molecule has 2 heteroatoms. The van der Waals surface area contributed by atoms with Crippen LogP contribution in [0.5, 0.6) is 0 Å². The lowest BCUT2D eigenvalue weighted by Gasteiger charge is -1.92. The number of hydrogen-bond acceptors (Lipinski definition) is 2. The van der Waals surface area contributed by atoms with Gasteiger partial charge in [-0.05, 0) is 39.2 Å². The van der Waals surface area contributed by atoms with Crippen LogP contribution >= 0.6 is 11.3 Å². The van der Waals surface area contributed by atoms with E-state index < -0.39 is 0 Å². The lowest BCUT2D eigenvalue weighted by Crippen LogP contribution is -1.71. The van der Waals surface area contributed by atoms with Crippen molar-refractivity contribution in [3.8, 4) is 0 Å². The highest BCUT2D eigenvalue weighted by atomic mass is 32.1. The summed E-state index contributed by atoms with van der Waals surface area (Å²) in [6.45, 7) is 0. The fraction of sp³-hybridized carbons (Fsp3) is 0. The minimum atomic E-state index is 0.789. The summed E-state index contributed by atoms with van der Waals surface area (Å²) in [6, 6.07) is 6.15. The summed E-state index contributed by atoms with van der Waals surface area (Å²) >= 11 is 1.69. The molecular formula is C11H8OS. The molecule has 2 aromatic rings. The average Bonchev–Trinajstić information content (AvgIpc) is 2.61. The Balaban J connectivity index is 2.47. The van der Waals surface area contributed by atoms with Gasteiger partial charge >= 0.3 is 0 Å². The number of aldehydes is 1. The van der Waals surface area contributed by atoms with Gasteiger partial charge in [0.15, 0.2) is 0 Å². The van der Waals surface area contributed by atoms with E-state index in [1.807, 2.05) is 12.1 Å². The smallest absolute Gasteiger partial charge is 0.142 e. The molecule has 0 N–H and O–H groups in total. The second-order valence-electron chi connectivity index (χ2n) is 2.76. The summed E-state index contributed by atoms with van der Waals surface area (Å²) in [5.74, 6) is 0. The van der Waals surface area contributed by atoms with Crippen molar-refractivity contribution in [3.05, 3.63) is 40.6 Å². The molecule has 0 atom stereocenters. The molecule has 64 valence electrons. The number of thiophene rings is 1. The van der Waals surface area contributed by atoms with E-state index in [2.05, 4.69) is 22.9 Å². The van der Waals surface area contributed by atoms with E-state index in [0.29, 0.717) is 0 Å². The minimum Gasteiger partial charge on any atom is -0.299 e. The van der Waals surface area contributed by atoms with Gasteiger partial charge in [0.1, 0.15) is 6.29 Å². The van der Waals surface area contributed by atoms with Crippen LogP contribution in [-0.4, -0.2) is 6.29 Å². The predicted molar refractivity (Wildman–Crippen MR) is 56.9 cm³/mol. The number of carbonyl (C=O) groups excluding carboxylic acids is 1. The fourth-order valence-corrected chi connectivity index (χ4v) is 2.02. The lowest BCUT2D eigenvalue weighted by molar-refractivity contribution is -0.104. The Labute approximate surface area is 80.3 Å². The maximum Gasteiger partial charge on any atom is 0.142 e. The number of carbonyl (C=O) groups is 1. The molecule has 1 aromatic heterocycles. The van der Waals surface area contributed by atoms with Gasteiger partial charge in [0.05, 0.1) is 0 Å². The van der Waals surface area contributed by atoms with Crippen molar-refractivity contribution in [2.45, 2.75) is 0 Å². The number of hydrogen-bond donors (Lipinski definition) is 0. The van der Waals surface area contributed by atoms with E-state index in [1.54, 1.807) is 11.3 Å². The van der Waals surface area contributed by atoms with Crippen molar-refractivity contribution < 1.29 is 4.79 Å². The van der Waals surface area contributed by atoms with Gasteiger partial charge in [-0.1, -0.05) is 18.2 Å². The Morgan fingerprint density at radius 3 is 2.85 bits per heavy atom. The Morgan fingerprint density at radius 2 is 2.00 bits per heavy atom. The maximum atomic E-state index is 10.1. The van der Waals surface area contributed by atoms with Gasteiger partial charge in [0.25, 0.3) is 0 Å². The Kier molecular flexibility index (Phi) is 2.23. The topological polar surface area (TPSA) is 17.1 Å². The second kappa shape index (κ2) is 3.54. The molecule has 2 rings (SSSR count). The third-order valence-electron chi connectivity index (χ3n) is 1.87. The van der Waals surface area contributed by atoms with Crippen LogP contribution in [0.1, 0.15) is 5.56 Å². The molecular weight excluding hydrogens is 180 g/mol. The monoisotopic (exact) mass is 188 g/mol. The molecule has 0 saturated heterocycles. The molecule has 0 saturated carbocycles. The molecule has 0 radical (unpaired) electrons. The van der Waals surface area contributed by atoms with Crippen LogP contribution in [-0.2, 0) is 4.79 Å². The maximum absolute atomic E-state index is 10.1. The van der Waals surface area contributed by atoms with E-state index in [9.17, 15) is 4.79 Å². The van der Waals surface area contributed by atoms with Gasteiger partial charge in [-0.25, -0.2) is 0 Å². The number of fused-ring (bicyclic) bond motifs is 1. The standard InChI is InChI=1S/C11H8OS/c12-5-1-2-9-3-4-10-7-13-8-11(10)6-9/h1-8H/b2-1+. The number of allylic oxidation sites excluding steroid dienone is 1. The van der Waals surface area contributed by atoms with Gasteiger partial charge in [-0.2, -0.15) is 11.3 Å². The quantitative estimate of drug-likeness (QED) is 0.522. The van der Waals surface area contributed by atoms with Crippen molar-refractivity contribution in [2.24, 2.45) is 0 Å². The summed E-state index contributed by atoms with van der Waals surface area (Å²) in [6.07, 6.45) is 4.11. The normalized spacial score (nSPS) is 11.1. The number of benzene rings is 1. The molecule has 1 aromatic carbocycles. The van der Waals surface area contributed by atoms with E-state index >= 15 is 0 Å². The van der Waals surface area contributed by atoms with Crippen LogP contribution in [0.25, 0.3) is 16.8 Å². The molecule has 0 bridgehead atoms. The average molecular weight is 188 g/mol. The summed E-state index contributed by atoms with van der Waals surface area (Å²) in [5.41, 5.74) is 1.07. The van der Waals surface area contributed by atoms with Crippen molar-refractivity contribution in [3.63, 3.8) is 0 Å². The van der Waals surface area contributed by atoms with Gasteiger partial charge < -0.3 is 0 Å². The zero-order valence-corrected chi connectivity index (χ0v) is 7.75. The molecule has 13 heavy (non-hydrogen) atoms. The lowest BCUT2D eigenvalue weighted by atomic mass is 10.1. The molecule has 0 unspecified atom stereocenters. The molecule has 0 fully saturated rings. The summed E-state index contributed by atoms with van der Waals surface area (Å²) in [7, 11) is 0. The molecule has 0 spiro atoms. The van der Waals surface area contributed by atoms with Crippen molar-refractivity contribution in [1.29, 1.82) is 0 Å². The van der Waals surface area contributed by atoms with Gasteiger partial charge in [-0.3, -0.25) is 4.79 Å². The Morgan fingerprint density at radius 1 is 1.15 bits per heavy atom. The van der Waals surface area contributed by atoms with Crippen LogP contribution in [0.3, 0.4) is 0 Å². The van der Waals surface area contributed by atoms with E-state index in [1.165, 1.54) is 16.8 Å². The van der Waals surface area contributed by atoms with E-state index in [0.717, 1.165) is 11.8 Å². The van der Waals surface area contributed by atoms with Crippen LogP contribution in [0.2, 0.25) is 0 Å². The van der Waals surface area contributed by atoms with Crippen molar-refractivity contribution >= 4 is 34.5 Å². The molecule has 1 heterocycles. The first-order valence-electron chi connectivity index (χ1n) is 3.98. The first-order chi connectivity index (χ1) is 6.40. The van der Waals surface area contributed by atoms with Crippen LogP contribution in [0.15, 0.2) is 35.0 Å². The minimum absolute atomic E-state index is 0.789. The number of rotatable bonds is 2. The zero-order chi connectivity index (χ0) is 9.10. The molecule has 0 aliphatic rings. The van der Waals surface area contributed by atoms with Crippen LogP contribution in [0, 0.1) is 0 Å². The summed E-state index contributed by atoms with van der Waals surface area (Å²) < 4.78 is 0. The third-order valence-corrected chi connectivity index (χ3v) is 2.65. The Hall–Kier alpha value is -1.41. The SMILES string of the molecule is O=C/C=C/c1ccc2cscc2c1. The molecule has 0 aliphatic carbocycles. The molecule has 1 nitrogen and oxygen atoms in total. The summed E-state index contributed by atoms with van der Waals surface area (Å²) in [4.78, 5) is 10.1.